The standard InChI is InChI=1S/C22H28FN5/c1-2-24-22(26-14-16-8-9-17-5-3-6-18(17)13-16)27-19-10-12-28(15-19)21-20(23)7-4-11-25-21/h4,7-9,11,13,19H,2-3,5-6,10,12,14-15H2,1H3,(H2,24,26,27). The summed E-state index contributed by atoms with van der Waals surface area (Å²) in [5.74, 6) is 0.989. The summed E-state index contributed by atoms with van der Waals surface area (Å²) in [5, 5.41) is 6.83. The van der Waals surface area contributed by atoms with Crippen molar-refractivity contribution in [3.63, 3.8) is 0 Å². The molecule has 148 valence electrons. The van der Waals surface area contributed by atoms with Gasteiger partial charge in [-0.05, 0) is 61.4 Å². The van der Waals surface area contributed by atoms with Crippen LogP contribution in [-0.4, -0.2) is 36.6 Å². The molecule has 1 fully saturated rings. The van der Waals surface area contributed by atoms with Gasteiger partial charge in [-0.2, -0.15) is 0 Å². The molecule has 0 radical (unpaired) electrons. The van der Waals surface area contributed by atoms with Crippen molar-refractivity contribution in [2.75, 3.05) is 24.5 Å². The molecule has 28 heavy (non-hydrogen) atoms. The van der Waals surface area contributed by atoms with Crippen molar-refractivity contribution in [2.45, 2.75) is 45.2 Å². The number of benzene rings is 1. The topological polar surface area (TPSA) is 52.6 Å². The number of nitrogens with one attached hydrogen (secondary N) is 2. The van der Waals surface area contributed by atoms with Crippen LogP contribution in [0.1, 0.15) is 36.5 Å². The first-order chi connectivity index (χ1) is 13.7. The highest BCUT2D eigenvalue weighted by Gasteiger charge is 2.25. The molecule has 1 saturated heterocycles. The second-order valence-electron chi connectivity index (χ2n) is 7.54. The highest BCUT2D eigenvalue weighted by molar-refractivity contribution is 5.80. The summed E-state index contributed by atoms with van der Waals surface area (Å²) in [7, 11) is 0. The first kappa shape index (κ1) is 18.7. The van der Waals surface area contributed by atoms with Crippen LogP contribution in [0.15, 0.2) is 41.5 Å². The third kappa shape index (κ3) is 4.26. The molecule has 2 aliphatic rings. The third-order valence-electron chi connectivity index (χ3n) is 5.49. The largest absolute Gasteiger partial charge is 0.357 e. The molecule has 1 unspecified atom stereocenters. The van der Waals surface area contributed by atoms with Crippen LogP contribution < -0.4 is 15.5 Å². The zero-order valence-electron chi connectivity index (χ0n) is 16.4. The normalized spacial score (nSPS) is 19.0. The summed E-state index contributed by atoms with van der Waals surface area (Å²) in [5.41, 5.74) is 4.22. The average molecular weight is 381 g/mol. The number of fused-ring (bicyclic) bond motifs is 1. The molecule has 1 aromatic heterocycles. The monoisotopic (exact) mass is 381 g/mol. The molecule has 2 aromatic rings. The molecular formula is C22H28FN5. The zero-order chi connectivity index (χ0) is 19.3. The van der Waals surface area contributed by atoms with Gasteiger partial charge < -0.3 is 15.5 Å². The Kier molecular flexibility index (Phi) is 5.74. The summed E-state index contributed by atoms with van der Waals surface area (Å²) >= 11 is 0. The lowest BCUT2D eigenvalue weighted by Crippen LogP contribution is -2.44. The van der Waals surface area contributed by atoms with E-state index in [1.807, 2.05) is 4.90 Å². The van der Waals surface area contributed by atoms with Gasteiger partial charge in [-0.15, -0.1) is 0 Å². The Morgan fingerprint density at radius 3 is 3.04 bits per heavy atom. The molecule has 2 heterocycles. The van der Waals surface area contributed by atoms with E-state index in [4.69, 9.17) is 4.99 Å². The summed E-state index contributed by atoms with van der Waals surface area (Å²) in [6, 6.07) is 10.1. The maximum absolute atomic E-state index is 14.0. The number of hydrogen-bond donors (Lipinski definition) is 2. The quantitative estimate of drug-likeness (QED) is 0.617. The Labute approximate surface area is 166 Å². The van der Waals surface area contributed by atoms with Gasteiger partial charge in [0.05, 0.1) is 6.54 Å². The van der Waals surface area contributed by atoms with Crippen LogP contribution in [0.25, 0.3) is 0 Å². The predicted molar refractivity (Wildman–Crippen MR) is 111 cm³/mol. The minimum Gasteiger partial charge on any atom is -0.357 e. The van der Waals surface area contributed by atoms with Crippen molar-refractivity contribution in [1.29, 1.82) is 0 Å². The number of rotatable bonds is 5. The van der Waals surface area contributed by atoms with E-state index in [9.17, 15) is 4.39 Å². The van der Waals surface area contributed by atoms with Crippen molar-refractivity contribution in [1.82, 2.24) is 15.6 Å². The van der Waals surface area contributed by atoms with Gasteiger partial charge >= 0.3 is 0 Å². The van der Waals surface area contributed by atoms with E-state index in [0.29, 0.717) is 12.4 Å². The molecule has 6 heteroatoms. The lowest BCUT2D eigenvalue weighted by molar-refractivity contribution is 0.612. The number of aliphatic imine (C=N–C) groups is 1. The molecule has 1 aliphatic carbocycles. The Morgan fingerprint density at radius 1 is 1.29 bits per heavy atom. The molecular weight excluding hydrogens is 353 g/mol. The average Bonchev–Trinajstić information content (AvgIpc) is 3.35. The molecule has 0 saturated carbocycles. The van der Waals surface area contributed by atoms with Gasteiger partial charge in [-0.1, -0.05) is 18.2 Å². The van der Waals surface area contributed by atoms with E-state index in [-0.39, 0.29) is 11.9 Å². The van der Waals surface area contributed by atoms with Crippen molar-refractivity contribution >= 4 is 11.8 Å². The van der Waals surface area contributed by atoms with Gasteiger partial charge in [-0.25, -0.2) is 14.4 Å². The van der Waals surface area contributed by atoms with E-state index in [1.165, 1.54) is 42.0 Å². The number of hydrogen-bond acceptors (Lipinski definition) is 3. The number of anilines is 1. The second-order valence-corrected chi connectivity index (χ2v) is 7.54. The van der Waals surface area contributed by atoms with Crippen LogP contribution in [0.3, 0.4) is 0 Å². The molecule has 1 aromatic carbocycles. The van der Waals surface area contributed by atoms with Crippen LogP contribution in [0.5, 0.6) is 0 Å². The number of aromatic nitrogens is 1. The van der Waals surface area contributed by atoms with Gasteiger partial charge in [-0.3, -0.25) is 0 Å². The Bertz CT molecular complexity index is 851. The number of guanidine groups is 1. The number of aryl methyl sites for hydroxylation is 2. The molecule has 1 atom stereocenters. The third-order valence-corrected chi connectivity index (χ3v) is 5.49. The Hall–Kier alpha value is -2.63. The lowest BCUT2D eigenvalue weighted by Gasteiger charge is -2.20. The van der Waals surface area contributed by atoms with Crippen LogP contribution in [0, 0.1) is 5.82 Å². The van der Waals surface area contributed by atoms with Gasteiger partial charge in [0.15, 0.2) is 17.6 Å². The number of halogens is 1. The highest BCUT2D eigenvalue weighted by Crippen LogP contribution is 2.23. The summed E-state index contributed by atoms with van der Waals surface area (Å²) in [6.45, 7) is 5.04. The van der Waals surface area contributed by atoms with E-state index in [2.05, 4.69) is 40.7 Å². The summed E-state index contributed by atoms with van der Waals surface area (Å²) in [4.78, 5) is 11.0. The SMILES string of the molecule is CCNC(=NCc1ccc2c(c1)CCC2)NC1CCN(c2ncccc2F)C1. The van der Waals surface area contributed by atoms with Crippen LogP contribution in [-0.2, 0) is 19.4 Å². The fourth-order valence-electron chi connectivity index (χ4n) is 4.09. The molecule has 1 aliphatic heterocycles. The van der Waals surface area contributed by atoms with Gasteiger partial charge in [0.25, 0.3) is 0 Å². The van der Waals surface area contributed by atoms with Gasteiger partial charge in [0.1, 0.15) is 0 Å². The van der Waals surface area contributed by atoms with Crippen LogP contribution >= 0.6 is 0 Å². The van der Waals surface area contributed by atoms with E-state index in [0.717, 1.165) is 32.0 Å². The second kappa shape index (κ2) is 8.59. The fraction of sp³-hybridized carbons (Fsp3) is 0.455. The molecule has 4 rings (SSSR count). The first-order valence-electron chi connectivity index (χ1n) is 10.2. The van der Waals surface area contributed by atoms with Crippen LogP contribution in [0.2, 0.25) is 0 Å². The zero-order valence-corrected chi connectivity index (χ0v) is 16.4. The minimum atomic E-state index is -0.264. The van der Waals surface area contributed by atoms with E-state index >= 15 is 0 Å². The predicted octanol–water partition coefficient (Wildman–Crippen LogP) is 3.04. The fourth-order valence-corrected chi connectivity index (χ4v) is 4.09. The summed E-state index contributed by atoms with van der Waals surface area (Å²) < 4.78 is 14.0. The maximum atomic E-state index is 14.0. The number of pyridine rings is 1. The van der Waals surface area contributed by atoms with E-state index < -0.39 is 0 Å². The van der Waals surface area contributed by atoms with Gasteiger partial charge in [0.2, 0.25) is 0 Å². The Balaban J connectivity index is 1.38. The molecule has 2 N–H and O–H groups in total. The van der Waals surface area contributed by atoms with Crippen molar-refractivity contribution in [3.05, 3.63) is 59.0 Å². The molecule has 0 spiro atoms. The molecule has 0 bridgehead atoms. The molecule has 5 nitrogen and oxygen atoms in total. The van der Waals surface area contributed by atoms with E-state index in [1.54, 1.807) is 12.3 Å². The first-order valence-corrected chi connectivity index (χ1v) is 10.2. The highest BCUT2D eigenvalue weighted by atomic mass is 19.1. The lowest BCUT2D eigenvalue weighted by atomic mass is 10.1. The van der Waals surface area contributed by atoms with Crippen molar-refractivity contribution in [3.8, 4) is 0 Å². The Morgan fingerprint density at radius 2 is 2.18 bits per heavy atom. The van der Waals surface area contributed by atoms with Crippen LogP contribution in [0.4, 0.5) is 10.2 Å². The number of nitrogens with zero attached hydrogens (tertiary/aromatic N) is 3. The smallest absolute Gasteiger partial charge is 0.191 e. The van der Waals surface area contributed by atoms with Gasteiger partial charge in [0, 0.05) is 31.9 Å². The molecule has 0 amide bonds. The summed E-state index contributed by atoms with van der Waals surface area (Å²) in [6.07, 6.45) is 6.23. The van der Waals surface area contributed by atoms with Crippen molar-refractivity contribution in [2.24, 2.45) is 4.99 Å². The minimum absolute atomic E-state index is 0.222. The maximum Gasteiger partial charge on any atom is 0.191 e. The van der Waals surface area contributed by atoms with Crippen molar-refractivity contribution < 1.29 is 4.39 Å².